The van der Waals surface area contributed by atoms with Crippen molar-refractivity contribution in [3.8, 4) is 0 Å². The lowest BCUT2D eigenvalue weighted by Crippen LogP contribution is -2.23. The summed E-state index contributed by atoms with van der Waals surface area (Å²) in [6, 6.07) is 0. The van der Waals surface area contributed by atoms with Gasteiger partial charge in [0, 0.05) is 0 Å². The van der Waals surface area contributed by atoms with Gasteiger partial charge in [0.05, 0.1) is 8.41 Å². The summed E-state index contributed by atoms with van der Waals surface area (Å²) in [5, 5.41) is 0. The lowest BCUT2D eigenvalue weighted by molar-refractivity contribution is 0.347. The van der Waals surface area contributed by atoms with Crippen LogP contribution < -0.4 is 0 Å². The average Bonchev–Trinajstić information content (AvgIpc) is 1.72. The molecule has 0 N–H and O–H groups in total. The van der Waals surface area contributed by atoms with Crippen molar-refractivity contribution in [2.75, 3.05) is 0 Å². The fraction of sp³-hybridized carbons (Fsp3) is 0. The lowest BCUT2D eigenvalue weighted by atomic mass is 10.1. The van der Waals surface area contributed by atoms with Crippen molar-refractivity contribution in [3.05, 3.63) is 0 Å². The third kappa shape index (κ3) is 2.79. The minimum atomic E-state index is 0. The first-order valence-electron chi connectivity index (χ1n) is 1.73. The minimum absolute atomic E-state index is 0. The van der Waals surface area contributed by atoms with E-state index >= 15 is 0 Å². The molecule has 0 amide bonds. The highest BCUT2D eigenvalue weighted by Crippen LogP contribution is 1.78. The van der Waals surface area contributed by atoms with Crippen LogP contribution in [-0.4, -0.2) is 31.5 Å². The number of rotatable bonds is 0. The molecule has 36 valence electrons. The van der Waals surface area contributed by atoms with Crippen LogP contribution in [0.5, 0.6) is 0 Å². The van der Waals surface area contributed by atoms with Gasteiger partial charge in [0.2, 0.25) is 0 Å². The molecule has 0 aromatic rings. The molecule has 1 aliphatic rings. The van der Waals surface area contributed by atoms with Crippen LogP contribution in [0.2, 0.25) is 0 Å². The van der Waals surface area contributed by atoms with E-state index in [1.54, 1.807) is 0 Å². The van der Waals surface area contributed by atoms with Gasteiger partial charge in [-0.25, -0.2) is 0 Å². The van der Waals surface area contributed by atoms with Gasteiger partial charge in [-0.1, -0.05) is 0 Å². The first kappa shape index (κ1) is 7.14. The fourth-order valence-corrected chi connectivity index (χ4v) is 0.279. The van der Waals surface area contributed by atoms with Gasteiger partial charge in [0.25, 0.3) is 0 Å². The van der Waals surface area contributed by atoms with Gasteiger partial charge < -0.3 is 13.7 Å². The quantitative estimate of drug-likeness (QED) is 0.296. The standard InChI is InChI=1S/B3H3O3.BH3/c1-4-2-6-3-5-1;/h1-3H;1H3. The topological polar surface area (TPSA) is 27.7 Å². The maximum absolute atomic E-state index is 4.62. The first-order chi connectivity index (χ1) is 3.00. The molecule has 7 heteroatoms. The second-order valence-corrected chi connectivity index (χ2v) is 0.966. The van der Waals surface area contributed by atoms with E-state index in [0.29, 0.717) is 23.1 Å². The maximum atomic E-state index is 4.62. The van der Waals surface area contributed by atoms with Crippen molar-refractivity contribution in [3.63, 3.8) is 0 Å². The fourth-order valence-electron chi connectivity index (χ4n) is 0.279. The van der Waals surface area contributed by atoms with E-state index < -0.39 is 0 Å². The van der Waals surface area contributed by atoms with Gasteiger partial charge in [0.15, 0.2) is 0 Å². The van der Waals surface area contributed by atoms with Crippen LogP contribution in [0.1, 0.15) is 0 Å². The summed E-state index contributed by atoms with van der Waals surface area (Å²) in [6.07, 6.45) is 0. The number of hydrogen-bond acceptors (Lipinski definition) is 3. The lowest BCUT2D eigenvalue weighted by Gasteiger charge is -2.07. The zero-order valence-corrected chi connectivity index (χ0v) is 3.35. The van der Waals surface area contributed by atoms with Crippen LogP contribution in [-0.2, 0) is 13.7 Å². The van der Waals surface area contributed by atoms with Gasteiger partial charge in [-0.2, -0.15) is 0 Å². The van der Waals surface area contributed by atoms with Crippen molar-refractivity contribution < 1.29 is 13.7 Å². The summed E-state index contributed by atoms with van der Waals surface area (Å²) < 4.78 is 13.9. The van der Waals surface area contributed by atoms with E-state index in [2.05, 4.69) is 13.7 Å². The molecule has 0 aromatic carbocycles. The maximum Gasteiger partial charge on any atom is 0.410 e. The SMILES string of the molecule is B.B1OBOBO1. The molecule has 1 saturated heterocycles. The predicted octanol–water partition coefficient (Wildman–Crippen LogP) is -3.33. The molecule has 7 heavy (non-hydrogen) atoms. The highest BCUT2D eigenvalue weighted by molar-refractivity contribution is 6.50. The smallest absolute Gasteiger partial charge is 0.410 e. The van der Waals surface area contributed by atoms with E-state index in [1.807, 2.05) is 0 Å². The van der Waals surface area contributed by atoms with Gasteiger partial charge in [-0.05, 0) is 0 Å². The second kappa shape index (κ2) is 4.30. The van der Waals surface area contributed by atoms with Crippen LogP contribution in [0.15, 0.2) is 0 Å². The molecule has 1 rings (SSSR count). The van der Waals surface area contributed by atoms with Crippen molar-refractivity contribution in [2.24, 2.45) is 0 Å². The van der Waals surface area contributed by atoms with Gasteiger partial charge >= 0.3 is 23.1 Å². The van der Waals surface area contributed by atoms with Gasteiger partial charge in [0.1, 0.15) is 0 Å². The highest BCUT2D eigenvalue weighted by Gasteiger charge is 2.03. The van der Waals surface area contributed by atoms with Crippen LogP contribution in [0.3, 0.4) is 0 Å². The molecule has 1 heterocycles. The molecule has 0 aliphatic carbocycles. The largest absolute Gasteiger partial charge is 0.458 e. The Morgan fingerprint density at radius 2 is 1.00 bits per heavy atom. The molecular weight excluding hydrogens is 91.2 g/mol. The Morgan fingerprint density at radius 3 is 1.14 bits per heavy atom. The van der Waals surface area contributed by atoms with Crippen molar-refractivity contribution in [1.82, 2.24) is 0 Å². The normalized spacial score (nSPS) is 17.1. The summed E-state index contributed by atoms with van der Waals surface area (Å²) in [6.45, 7) is 0. The molecule has 1 aliphatic heterocycles. The average molecular weight is 97.3 g/mol. The Hall–Kier alpha value is 0.140. The molecule has 0 bridgehead atoms. The Balaban J connectivity index is 0.000000360. The van der Waals surface area contributed by atoms with Crippen molar-refractivity contribution in [1.29, 1.82) is 0 Å². The molecule has 0 saturated carbocycles. The summed E-state index contributed by atoms with van der Waals surface area (Å²) in [5.41, 5.74) is 0. The minimum Gasteiger partial charge on any atom is -0.458 e. The van der Waals surface area contributed by atoms with Gasteiger partial charge in [-0.3, -0.25) is 0 Å². The van der Waals surface area contributed by atoms with Gasteiger partial charge in [-0.15, -0.1) is 0 Å². The molecule has 0 unspecified atom stereocenters. The molecule has 0 atom stereocenters. The Kier molecular flexibility index (Phi) is 4.39. The zero-order valence-electron chi connectivity index (χ0n) is 3.35. The highest BCUT2D eigenvalue weighted by atomic mass is 16.7. The van der Waals surface area contributed by atoms with E-state index in [-0.39, 0.29) is 8.41 Å². The molecule has 0 radical (unpaired) electrons. The molecular formula is H6B4O3. The molecule has 1 fully saturated rings. The summed E-state index contributed by atoms with van der Waals surface area (Å²) in [7, 11) is 1.12. The molecule has 0 aromatic heterocycles. The van der Waals surface area contributed by atoms with E-state index in [0.717, 1.165) is 0 Å². The first-order valence-corrected chi connectivity index (χ1v) is 1.73. The Labute approximate surface area is 46.2 Å². The second-order valence-electron chi connectivity index (χ2n) is 0.966. The van der Waals surface area contributed by atoms with E-state index in [4.69, 9.17) is 0 Å². The Bertz CT molecular complexity index is 22.4. The van der Waals surface area contributed by atoms with Crippen LogP contribution in [0.4, 0.5) is 0 Å². The predicted molar refractivity (Wildman–Crippen MR) is 34.6 cm³/mol. The zero-order chi connectivity index (χ0) is 4.24. The van der Waals surface area contributed by atoms with Crippen molar-refractivity contribution >= 4 is 31.5 Å². The molecule has 3 nitrogen and oxygen atoms in total. The van der Waals surface area contributed by atoms with Crippen molar-refractivity contribution in [2.45, 2.75) is 0 Å². The molecule has 0 spiro atoms. The van der Waals surface area contributed by atoms with Crippen LogP contribution in [0, 0.1) is 0 Å². The van der Waals surface area contributed by atoms with Crippen LogP contribution >= 0.6 is 0 Å². The number of hydrogen-bond donors (Lipinski definition) is 0. The summed E-state index contributed by atoms with van der Waals surface area (Å²) >= 11 is 0. The third-order valence-corrected chi connectivity index (χ3v) is 0.500. The third-order valence-electron chi connectivity index (χ3n) is 0.500. The van der Waals surface area contributed by atoms with E-state index in [1.165, 1.54) is 0 Å². The monoisotopic (exact) mass is 98.1 g/mol. The summed E-state index contributed by atoms with van der Waals surface area (Å²) in [5.74, 6) is 0. The Morgan fingerprint density at radius 1 is 0.714 bits per heavy atom. The van der Waals surface area contributed by atoms with E-state index in [9.17, 15) is 0 Å². The summed E-state index contributed by atoms with van der Waals surface area (Å²) in [4.78, 5) is 0. The van der Waals surface area contributed by atoms with Crippen LogP contribution in [0.25, 0.3) is 0 Å².